The van der Waals surface area contributed by atoms with Gasteiger partial charge in [-0.25, -0.2) is 0 Å². The first-order valence-electron chi connectivity index (χ1n) is 9.46. The smallest absolute Gasteiger partial charge is 0.239 e. The molecule has 1 N–H and O–H groups in total. The van der Waals surface area contributed by atoms with Gasteiger partial charge in [-0.15, -0.1) is 0 Å². The van der Waals surface area contributed by atoms with Crippen molar-refractivity contribution in [2.75, 3.05) is 23.9 Å². The van der Waals surface area contributed by atoms with Crippen molar-refractivity contribution >= 4 is 23.0 Å². The van der Waals surface area contributed by atoms with Crippen molar-refractivity contribution in [3.63, 3.8) is 0 Å². The molecule has 1 aliphatic heterocycles. The van der Waals surface area contributed by atoms with Crippen LogP contribution < -0.4 is 15.0 Å². The van der Waals surface area contributed by atoms with E-state index in [9.17, 15) is 4.79 Å². The summed E-state index contributed by atoms with van der Waals surface area (Å²) in [4.78, 5) is 15.7. The SMILES string of the molecule is CCCCC1(CC)CNc2cc(OC)ccc2N(c2ccccc2)C1=O. The number of hydrogen-bond donors (Lipinski definition) is 1. The number of amides is 1. The van der Waals surface area contributed by atoms with Gasteiger partial charge in [-0.1, -0.05) is 44.9 Å². The zero-order chi connectivity index (χ0) is 18.6. The first-order chi connectivity index (χ1) is 12.6. The van der Waals surface area contributed by atoms with Gasteiger partial charge in [0.25, 0.3) is 0 Å². The van der Waals surface area contributed by atoms with E-state index in [0.717, 1.165) is 48.5 Å². The Kier molecular flexibility index (Phi) is 5.50. The third-order valence-electron chi connectivity index (χ3n) is 5.42. The lowest BCUT2D eigenvalue weighted by Gasteiger charge is -2.34. The van der Waals surface area contributed by atoms with Crippen LogP contribution in [-0.4, -0.2) is 19.6 Å². The number of nitrogens with zero attached hydrogens (tertiary/aromatic N) is 1. The van der Waals surface area contributed by atoms with E-state index in [0.29, 0.717) is 6.54 Å². The van der Waals surface area contributed by atoms with Crippen molar-refractivity contribution in [2.24, 2.45) is 5.41 Å². The second-order valence-electron chi connectivity index (χ2n) is 6.95. The van der Waals surface area contributed by atoms with E-state index in [2.05, 4.69) is 19.2 Å². The van der Waals surface area contributed by atoms with Gasteiger partial charge in [0.15, 0.2) is 0 Å². The second kappa shape index (κ2) is 7.81. The molecule has 0 spiro atoms. The topological polar surface area (TPSA) is 41.6 Å². The van der Waals surface area contributed by atoms with Crippen LogP contribution in [0, 0.1) is 5.41 Å². The number of methoxy groups -OCH3 is 1. The maximum atomic E-state index is 13.8. The van der Waals surface area contributed by atoms with Crippen molar-refractivity contribution in [1.82, 2.24) is 0 Å². The van der Waals surface area contributed by atoms with Crippen molar-refractivity contribution in [3.8, 4) is 5.75 Å². The maximum absolute atomic E-state index is 13.8. The molecule has 0 aliphatic carbocycles. The minimum absolute atomic E-state index is 0.177. The fourth-order valence-corrected chi connectivity index (χ4v) is 3.66. The fourth-order valence-electron chi connectivity index (χ4n) is 3.66. The lowest BCUT2D eigenvalue weighted by molar-refractivity contribution is -0.127. The second-order valence-corrected chi connectivity index (χ2v) is 6.95. The molecule has 1 aliphatic rings. The van der Waals surface area contributed by atoms with Crippen LogP contribution in [0.5, 0.6) is 5.75 Å². The molecule has 4 heteroatoms. The van der Waals surface area contributed by atoms with Gasteiger partial charge in [-0.3, -0.25) is 9.69 Å². The summed E-state index contributed by atoms with van der Waals surface area (Å²) >= 11 is 0. The van der Waals surface area contributed by atoms with Gasteiger partial charge in [-0.05, 0) is 37.1 Å². The minimum atomic E-state index is -0.405. The Balaban J connectivity index is 2.13. The number of carbonyl (C=O) groups is 1. The number of rotatable bonds is 6. The highest BCUT2D eigenvalue weighted by Gasteiger charge is 2.42. The van der Waals surface area contributed by atoms with E-state index in [1.165, 1.54) is 0 Å². The van der Waals surface area contributed by atoms with Crippen LogP contribution in [-0.2, 0) is 4.79 Å². The Morgan fingerprint density at radius 1 is 1.15 bits per heavy atom. The molecule has 0 aromatic heterocycles. The van der Waals surface area contributed by atoms with Crippen LogP contribution in [0.15, 0.2) is 48.5 Å². The number of ether oxygens (including phenoxy) is 1. The van der Waals surface area contributed by atoms with E-state index in [-0.39, 0.29) is 5.91 Å². The Labute approximate surface area is 156 Å². The molecule has 0 bridgehead atoms. The number of unbranched alkanes of at least 4 members (excludes halogenated alkanes) is 1. The molecule has 2 aromatic rings. The molecule has 4 nitrogen and oxygen atoms in total. The molecule has 1 heterocycles. The molecule has 1 unspecified atom stereocenters. The summed E-state index contributed by atoms with van der Waals surface area (Å²) in [6, 6.07) is 15.8. The number of benzene rings is 2. The van der Waals surface area contributed by atoms with Crippen LogP contribution >= 0.6 is 0 Å². The molecule has 2 aromatic carbocycles. The maximum Gasteiger partial charge on any atom is 0.239 e. The number of fused-ring (bicyclic) bond motifs is 1. The summed E-state index contributed by atoms with van der Waals surface area (Å²) in [6.07, 6.45) is 3.83. The van der Waals surface area contributed by atoms with Gasteiger partial charge in [0.1, 0.15) is 5.75 Å². The predicted octanol–water partition coefficient (Wildman–Crippen LogP) is 5.37. The molecular formula is C22H28N2O2. The lowest BCUT2D eigenvalue weighted by atomic mass is 9.78. The Bertz CT molecular complexity index is 760. The largest absolute Gasteiger partial charge is 0.497 e. The van der Waals surface area contributed by atoms with Crippen molar-refractivity contribution in [3.05, 3.63) is 48.5 Å². The quantitative estimate of drug-likeness (QED) is 0.760. The monoisotopic (exact) mass is 352 g/mol. The van der Waals surface area contributed by atoms with Crippen molar-refractivity contribution < 1.29 is 9.53 Å². The molecule has 0 saturated carbocycles. The highest BCUT2D eigenvalue weighted by Crippen LogP contribution is 2.44. The fraction of sp³-hybridized carbons (Fsp3) is 0.409. The molecule has 1 amide bonds. The summed E-state index contributed by atoms with van der Waals surface area (Å²) in [5, 5.41) is 3.54. The Hall–Kier alpha value is -2.49. The van der Waals surface area contributed by atoms with E-state index >= 15 is 0 Å². The van der Waals surface area contributed by atoms with Crippen LogP contribution in [0.4, 0.5) is 17.1 Å². The molecule has 138 valence electrons. The molecule has 0 saturated heterocycles. The van der Waals surface area contributed by atoms with Crippen molar-refractivity contribution in [2.45, 2.75) is 39.5 Å². The number of anilines is 3. The normalized spacial score (nSPS) is 19.5. The average molecular weight is 352 g/mol. The number of para-hydroxylation sites is 1. The van der Waals surface area contributed by atoms with E-state index < -0.39 is 5.41 Å². The van der Waals surface area contributed by atoms with Gasteiger partial charge < -0.3 is 10.1 Å². The van der Waals surface area contributed by atoms with Gasteiger partial charge in [0, 0.05) is 18.3 Å². The van der Waals surface area contributed by atoms with E-state index in [1.807, 2.05) is 53.4 Å². The standard InChI is InChI=1S/C22H28N2O2/c1-4-6-14-22(5-2)16-23-19-15-18(26-3)12-13-20(19)24(21(22)25)17-10-8-7-9-11-17/h7-13,15,23H,4-6,14,16H2,1-3H3. The highest BCUT2D eigenvalue weighted by molar-refractivity contribution is 6.07. The molecule has 3 rings (SSSR count). The number of carbonyl (C=O) groups excluding carboxylic acids is 1. The minimum Gasteiger partial charge on any atom is -0.497 e. The van der Waals surface area contributed by atoms with Gasteiger partial charge in [-0.2, -0.15) is 0 Å². The zero-order valence-electron chi connectivity index (χ0n) is 15.9. The summed E-state index contributed by atoms with van der Waals surface area (Å²) in [5.41, 5.74) is 2.32. The average Bonchev–Trinajstić information content (AvgIpc) is 2.81. The first kappa shape index (κ1) is 18.3. The van der Waals surface area contributed by atoms with E-state index in [4.69, 9.17) is 4.74 Å². The van der Waals surface area contributed by atoms with Crippen LogP contribution in [0.1, 0.15) is 39.5 Å². The third-order valence-corrected chi connectivity index (χ3v) is 5.42. The molecule has 26 heavy (non-hydrogen) atoms. The number of hydrogen-bond acceptors (Lipinski definition) is 3. The molecule has 0 radical (unpaired) electrons. The Morgan fingerprint density at radius 2 is 1.92 bits per heavy atom. The summed E-state index contributed by atoms with van der Waals surface area (Å²) in [6.45, 7) is 4.94. The summed E-state index contributed by atoms with van der Waals surface area (Å²) in [5.74, 6) is 0.963. The van der Waals surface area contributed by atoms with Gasteiger partial charge in [0.05, 0.1) is 23.9 Å². The molecular weight excluding hydrogens is 324 g/mol. The van der Waals surface area contributed by atoms with Crippen LogP contribution in [0.25, 0.3) is 0 Å². The number of nitrogens with one attached hydrogen (secondary N) is 1. The van der Waals surface area contributed by atoms with Crippen LogP contribution in [0.2, 0.25) is 0 Å². The van der Waals surface area contributed by atoms with Gasteiger partial charge in [0.2, 0.25) is 5.91 Å². The molecule has 0 fully saturated rings. The highest BCUT2D eigenvalue weighted by atomic mass is 16.5. The van der Waals surface area contributed by atoms with E-state index in [1.54, 1.807) is 7.11 Å². The lowest BCUT2D eigenvalue weighted by Crippen LogP contribution is -2.43. The zero-order valence-corrected chi connectivity index (χ0v) is 15.9. The molecule has 1 atom stereocenters. The predicted molar refractivity (Wildman–Crippen MR) is 107 cm³/mol. The summed E-state index contributed by atoms with van der Waals surface area (Å²) in [7, 11) is 1.66. The van der Waals surface area contributed by atoms with Crippen LogP contribution in [0.3, 0.4) is 0 Å². The first-order valence-corrected chi connectivity index (χ1v) is 9.46. The summed E-state index contributed by atoms with van der Waals surface area (Å²) < 4.78 is 5.39. The Morgan fingerprint density at radius 3 is 2.58 bits per heavy atom. The van der Waals surface area contributed by atoms with Crippen molar-refractivity contribution in [1.29, 1.82) is 0 Å². The van der Waals surface area contributed by atoms with Gasteiger partial charge >= 0.3 is 0 Å². The third kappa shape index (κ3) is 3.28.